The van der Waals surface area contributed by atoms with Crippen LogP contribution in [-0.2, 0) is 11.3 Å². The van der Waals surface area contributed by atoms with Crippen molar-refractivity contribution >= 4 is 6.09 Å². The van der Waals surface area contributed by atoms with Gasteiger partial charge in [-0.2, -0.15) is 0 Å². The molecule has 2 unspecified atom stereocenters. The molecule has 1 amide bonds. The fourth-order valence-electron chi connectivity index (χ4n) is 2.17. The van der Waals surface area contributed by atoms with Crippen molar-refractivity contribution in [1.29, 1.82) is 0 Å². The van der Waals surface area contributed by atoms with Crippen LogP contribution < -0.4 is 0 Å². The van der Waals surface area contributed by atoms with Crippen molar-refractivity contribution in [2.75, 3.05) is 13.2 Å². The third-order valence-electron chi connectivity index (χ3n) is 3.06. The highest BCUT2D eigenvalue weighted by Crippen LogP contribution is 2.18. The molecule has 1 aliphatic rings. The van der Waals surface area contributed by atoms with Crippen LogP contribution in [0.15, 0.2) is 30.3 Å². The van der Waals surface area contributed by atoms with Gasteiger partial charge in [0, 0.05) is 0 Å². The number of aliphatic hydroxyl groups is 1. The number of carboxylic acid groups (broad SMARTS) is 1. The molecule has 2 rings (SSSR count). The van der Waals surface area contributed by atoms with E-state index < -0.39 is 12.2 Å². The third-order valence-corrected chi connectivity index (χ3v) is 3.06. The van der Waals surface area contributed by atoms with E-state index in [9.17, 15) is 9.90 Å². The Hall–Kier alpha value is -1.59. The number of likely N-dealkylation sites (tertiary alicyclic amines) is 1. The number of hydrogen-bond acceptors (Lipinski definition) is 3. The normalized spacial score (nSPS) is 23.3. The molecule has 18 heavy (non-hydrogen) atoms. The molecule has 5 nitrogen and oxygen atoms in total. The topological polar surface area (TPSA) is 70.0 Å². The van der Waals surface area contributed by atoms with E-state index in [-0.39, 0.29) is 12.6 Å². The Morgan fingerprint density at radius 1 is 1.39 bits per heavy atom. The van der Waals surface area contributed by atoms with Gasteiger partial charge in [-0.05, 0) is 12.0 Å². The molecule has 1 aliphatic heterocycles. The number of hydrogen-bond donors (Lipinski definition) is 2. The Morgan fingerprint density at radius 3 is 2.78 bits per heavy atom. The number of aliphatic hydroxyl groups excluding tert-OH is 1. The van der Waals surface area contributed by atoms with Crippen molar-refractivity contribution in [2.45, 2.75) is 25.2 Å². The van der Waals surface area contributed by atoms with Gasteiger partial charge in [0.15, 0.2) is 0 Å². The average Bonchev–Trinajstić information content (AvgIpc) is 2.72. The van der Waals surface area contributed by atoms with Crippen molar-refractivity contribution in [2.24, 2.45) is 0 Å². The van der Waals surface area contributed by atoms with Crippen molar-refractivity contribution in [3.05, 3.63) is 35.9 Å². The van der Waals surface area contributed by atoms with Crippen LogP contribution in [0.3, 0.4) is 0 Å². The maximum atomic E-state index is 10.9. The van der Waals surface area contributed by atoms with Gasteiger partial charge in [0.2, 0.25) is 0 Å². The lowest BCUT2D eigenvalue weighted by molar-refractivity contribution is 0.0643. The molecular formula is C13H17NO4. The number of amides is 1. The van der Waals surface area contributed by atoms with E-state index in [0.717, 1.165) is 5.56 Å². The average molecular weight is 251 g/mol. The molecule has 98 valence electrons. The highest BCUT2D eigenvalue weighted by atomic mass is 16.5. The predicted octanol–water partition coefficient (Wildman–Crippen LogP) is 1.32. The van der Waals surface area contributed by atoms with Crippen LogP contribution in [0.25, 0.3) is 0 Å². The molecule has 0 saturated carbocycles. The summed E-state index contributed by atoms with van der Waals surface area (Å²) < 4.78 is 5.52. The first-order valence-electron chi connectivity index (χ1n) is 5.96. The zero-order valence-corrected chi connectivity index (χ0v) is 10.0. The number of ether oxygens (including phenoxy) is 1. The van der Waals surface area contributed by atoms with Crippen molar-refractivity contribution < 1.29 is 19.7 Å². The summed E-state index contributed by atoms with van der Waals surface area (Å²) in [6.45, 7) is 0.952. The number of carbonyl (C=O) groups is 1. The largest absolute Gasteiger partial charge is 0.465 e. The van der Waals surface area contributed by atoms with Crippen molar-refractivity contribution in [3.8, 4) is 0 Å². The number of benzene rings is 1. The van der Waals surface area contributed by atoms with Crippen LogP contribution in [-0.4, -0.2) is 46.5 Å². The summed E-state index contributed by atoms with van der Waals surface area (Å²) in [6.07, 6.45) is -1.13. The standard InChI is InChI=1S/C13H17NO4/c15-12-6-11(14(7-12)13(16)17)9-18-8-10-4-2-1-3-5-10/h1-5,11-12,15H,6-9H2,(H,16,17). The molecule has 0 spiro atoms. The van der Waals surface area contributed by atoms with E-state index in [1.54, 1.807) is 0 Å². The number of rotatable bonds is 4. The van der Waals surface area contributed by atoms with Gasteiger partial charge < -0.3 is 19.8 Å². The zero-order valence-electron chi connectivity index (χ0n) is 10.0. The van der Waals surface area contributed by atoms with Crippen LogP contribution in [0.1, 0.15) is 12.0 Å². The van der Waals surface area contributed by atoms with Crippen LogP contribution in [0.5, 0.6) is 0 Å². The first-order chi connectivity index (χ1) is 8.66. The van der Waals surface area contributed by atoms with Gasteiger partial charge in [-0.25, -0.2) is 4.79 Å². The van der Waals surface area contributed by atoms with Gasteiger partial charge in [-0.15, -0.1) is 0 Å². The molecule has 0 bridgehead atoms. The summed E-state index contributed by atoms with van der Waals surface area (Å²) in [4.78, 5) is 12.2. The van der Waals surface area contributed by atoms with E-state index in [1.165, 1.54) is 4.90 Å². The Kier molecular flexibility index (Phi) is 4.17. The van der Waals surface area contributed by atoms with Crippen LogP contribution in [0, 0.1) is 0 Å². The quantitative estimate of drug-likeness (QED) is 0.846. The zero-order chi connectivity index (χ0) is 13.0. The summed E-state index contributed by atoms with van der Waals surface area (Å²) >= 11 is 0. The lowest BCUT2D eigenvalue weighted by atomic mass is 10.2. The molecule has 5 heteroatoms. The maximum Gasteiger partial charge on any atom is 0.407 e. The molecule has 1 saturated heterocycles. The predicted molar refractivity (Wildman–Crippen MR) is 65.2 cm³/mol. The fraction of sp³-hybridized carbons (Fsp3) is 0.462. The summed E-state index contributed by atoms with van der Waals surface area (Å²) in [7, 11) is 0. The summed E-state index contributed by atoms with van der Waals surface area (Å²) in [5, 5.41) is 18.5. The lowest BCUT2D eigenvalue weighted by Gasteiger charge is -2.20. The minimum Gasteiger partial charge on any atom is -0.465 e. The van der Waals surface area contributed by atoms with Gasteiger partial charge in [-0.3, -0.25) is 0 Å². The molecule has 1 aromatic rings. The van der Waals surface area contributed by atoms with Gasteiger partial charge in [-0.1, -0.05) is 30.3 Å². The smallest absolute Gasteiger partial charge is 0.407 e. The Morgan fingerprint density at radius 2 is 2.11 bits per heavy atom. The molecule has 1 fully saturated rings. The molecule has 2 atom stereocenters. The number of β-amino-alcohol motifs (C(OH)–C–C–N with tert-alkyl or cyclic N) is 1. The van der Waals surface area contributed by atoms with E-state index >= 15 is 0 Å². The summed E-state index contributed by atoms with van der Waals surface area (Å²) in [5.74, 6) is 0. The minimum absolute atomic E-state index is 0.175. The van der Waals surface area contributed by atoms with Crippen LogP contribution >= 0.6 is 0 Å². The monoisotopic (exact) mass is 251 g/mol. The molecule has 0 radical (unpaired) electrons. The highest BCUT2D eigenvalue weighted by Gasteiger charge is 2.34. The second-order valence-electron chi connectivity index (χ2n) is 4.48. The second kappa shape index (κ2) is 5.84. The van der Waals surface area contributed by atoms with E-state index in [2.05, 4.69) is 0 Å². The van der Waals surface area contributed by atoms with Crippen molar-refractivity contribution in [3.63, 3.8) is 0 Å². The van der Waals surface area contributed by atoms with E-state index in [1.807, 2.05) is 30.3 Å². The second-order valence-corrected chi connectivity index (χ2v) is 4.48. The SMILES string of the molecule is O=C(O)N1CC(O)CC1COCc1ccccc1. The molecule has 0 aliphatic carbocycles. The van der Waals surface area contributed by atoms with Gasteiger partial charge in [0.25, 0.3) is 0 Å². The summed E-state index contributed by atoms with van der Waals surface area (Å²) in [6, 6.07) is 9.46. The van der Waals surface area contributed by atoms with Crippen LogP contribution in [0.2, 0.25) is 0 Å². The highest BCUT2D eigenvalue weighted by molar-refractivity contribution is 5.66. The first kappa shape index (κ1) is 12.9. The molecular weight excluding hydrogens is 234 g/mol. The summed E-state index contributed by atoms with van der Waals surface area (Å²) in [5.41, 5.74) is 1.05. The fourth-order valence-corrected chi connectivity index (χ4v) is 2.17. The minimum atomic E-state index is -1.00. The van der Waals surface area contributed by atoms with Crippen molar-refractivity contribution in [1.82, 2.24) is 4.90 Å². The van der Waals surface area contributed by atoms with E-state index in [0.29, 0.717) is 19.6 Å². The van der Waals surface area contributed by atoms with Crippen LogP contribution in [0.4, 0.5) is 4.79 Å². The van der Waals surface area contributed by atoms with Gasteiger partial charge >= 0.3 is 6.09 Å². The third kappa shape index (κ3) is 3.21. The van der Waals surface area contributed by atoms with Gasteiger partial charge in [0.05, 0.1) is 31.9 Å². The number of nitrogens with zero attached hydrogens (tertiary/aromatic N) is 1. The van der Waals surface area contributed by atoms with E-state index in [4.69, 9.17) is 9.84 Å². The Bertz CT molecular complexity index is 395. The molecule has 2 N–H and O–H groups in total. The maximum absolute atomic E-state index is 10.9. The molecule has 1 aromatic carbocycles. The lowest BCUT2D eigenvalue weighted by Crippen LogP contribution is -2.37. The molecule has 1 heterocycles. The molecule has 0 aromatic heterocycles. The van der Waals surface area contributed by atoms with Gasteiger partial charge in [0.1, 0.15) is 0 Å². The Labute approximate surface area is 106 Å². The first-order valence-corrected chi connectivity index (χ1v) is 5.96. The Balaban J connectivity index is 1.81.